The highest BCUT2D eigenvalue weighted by Gasteiger charge is 2.30. The van der Waals surface area contributed by atoms with Crippen molar-refractivity contribution in [3.63, 3.8) is 0 Å². The Kier molecular flexibility index (Phi) is 5.78. The Morgan fingerprint density at radius 3 is 2.41 bits per heavy atom. The zero-order valence-corrected chi connectivity index (χ0v) is 11.5. The van der Waals surface area contributed by atoms with E-state index in [-0.39, 0.29) is 29.9 Å². The molecule has 100 valence electrons. The monoisotopic (exact) mass is 280 g/mol. The van der Waals surface area contributed by atoms with Gasteiger partial charge in [0.1, 0.15) is 5.75 Å². The Balaban J connectivity index is 2.79. The maximum absolute atomic E-state index is 12.1. The lowest BCUT2D eigenvalue weighted by molar-refractivity contribution is 0.200. The summed E-state index contributed by atoms with van der Waals surface area (Å²) in [6.45, 7) is -0.0390. The molecule has 0 amide bonds. The first-order valence-electron chi connectivity index (χ1n) is 5.86. The van der Waals surface area contributed by atoms with E-state index in [9.17, 15) is 8.42 Å². The van der Waals surface area contributed by atoms with Gasteiger partial charge in [0, 0.05) is 12.6 Å². The van der Waals surface area contributed by atoms with Crippen LogP contribution in [0.3, 0.4) is 0 Å². The average molecular weight is 280 g/mol. The molecular weight excluding hydrogens is 260 g/mol. The predicted molar refractivity (Wildman–Crippen MR) is 71.2 cm³/mol. The van der Waals surface area contributed by atoms with Crippen molar-refractivity contribution in [3.05, 3.63) is 0 Å². The quantitative estimate of drug-likeness (QED) is 0.681. The molecule has 1 saturated carbocycles. The summed E-state index contributed by atoms with van der Waals surface area (Å²) in [5.74, 6) is -0.307. The van der Waals surface area contributed by atoms with Gasteiger partial charge in [0.25, 0.3) is 0 Å². The second-order valence-electron chi connectivity index (χ2n) is 4.35. The van der Waals surface area contributed by atoms with Gasteiger partial charge in [-0.05, 0) is 12.8 Å². The lowest BCUT2D eigenvalue weighted by Crippen LogP contribution is -2.45. The number of sulfonamides is 1. The van der Waals surface area contributed by atoms with Crippen LogP contribution in [0.25, 0.3) is 0 Å². The van der Waals surface area contributed by atoms with Gasteiger partial charge in [0.2, 0.25) is 10.0 Å². The largest absolute Gasteiger partial charge is 0.395 e. The van der Waals surface area contributed by atoms with Crippen molar-refractivity contribution in [3.8, 4) is 0 Å². The Hall–Kier alpha value is -0.240. The number of hydrogen-bond donors (Lipinski definition) is 2. The molecule has 0 saturated heterocycles. The standard InChI is InChI=1S/C10H20N2O3S2/c11-10(16)8-17(14,15)12(6-7-13)9-4-2-1-3-5-9/h9,13H,1-8H2,(H2,11,16). The Labute approximate surface area is 108 Å². The lowest BCUT2D eigenvalue weighted by atomic mass is 9.95. The predicted octanol–water partition coefficient (Wildman–Crippen LogP) is 0.229. The molecule has 0 aromatic heterocycles. The SMILES string of the molecule is NC(=S)CS(=O)(=O)N(CCO)C1CCCCC1. The Morgan fingerprint density at radius 2 is 1.94 bits per heavy atom. The van der Waals surface area contributed by atoms with Gasteiger partial charge in [-0.25, -0.2) is 8.42 Å². The highest BCUT2D eigenvalue weighted by Crippen LogP contribution is 2.24. The summed E-state index contributed by atoms with van der Waals surface area (Å²) >= 11 is 4.66. The molecule has 1 rings (SSSR count). The molecule has 0 aliphatic heterocycles. The molecule has 0 bridgehead atoms. The van der Waals surface area contributed by atoms with E-state index in [2.05, 4.69) is 12.2 Å². The molecule has 0 aromatic carbocycles. The summed E-state index contributed by atoms with van der Waals surface area (Å²) in [4.78, 5) is -0.0243. The molecule has 3 N–H and O–H groups in total. The van der Waals surface area contributed by atoms with Gasteiger partial charge in [0.15, 0.2) is 0 Å². The van der Waals surface area contributed by atoms with E-state index >= 15 is 0 Å². The summed E-state index contributed by atoms with van der Waals surface area (Å²) in [6, 6.07) is -0.00440. The molecule has 0 aromatic rings. The highest BCUT2D eigenvalue weighted by atomic mass is 32.2. The maximum atomic E-state index is 12.1. The van der Waals surface area contributed by atoms with Gasteiger partial charge in [-0.1, -0.05) is 31.5 Å². The average Bonchev–Trinajstić information content (AvgIpc) is 2.25. The van der Waals surface area contributed by atoms with Crippen molar-refractivity contribution >= 4 is 27.2 Å². The minimum absolute atomic E-state index is 0.00440. The van der Waals surface area contributed by atoms with E-state index < -0.39 is 10.0 Å². The third-order valence-corrected chi connectivity index (χ3v) is 5.18. The van der Waals surface area contributed by atoms with E-state index in [1.165, 1.54) is 4.31 Å². The van der Waals surface area contributed by atoms with E-state index in [4.69, 9.17) is 10.8 Å². The Bertz CT molecular complexity index is 351. The number of nitrogens with two attached hydrogens (primary N) is 1. The van der Waals surface area contributed by atoms with E-state index in [0.717, 1.165) is 32.1 Å². The number of nitrogens with zero attached hydrogens (tertiary/aromatic N) is 1. The molecule has 1 aliphatic rings. The molecule has 0 radical (unpaired) electrons. The zero-order chi connectivity index (χ0) is 12.9. The number of hydrogen-bond acceptors (Lipinski definition) is 4. The lowest BCUT2D eigenvalue weighted by Gasteiger charge is -2.32. The van der Waals surface area contributed by atoms with Crippen molar-refractivity contribution in [1.82, 2.24) is 4.31 Å². The van der Waals surface area contributed by atoms with Crippen molar-refractivity contribution < 1.29 is 13.5 Å². The van der Waals surface area contributed by atoms with Gasteiger partial charge in [-0.2, -0.15) is 4.31 Å². The third-order valence-electron chi connectivity index (χ3n) is 2.98. The fourth-order valence-electron chi connectivity index (χ4n) is 2.28. The number of rotatable bonds is 6. The summed E-state index contributed by atoms with van der Waals surface area (Å²) in [5, 5.41) is 8.99. The maximum Gasteiger partial charge on any atom is 0.220 e. The minimum Gasteiger partial charge on any atom is -0.395 e. The molecule has 0 atom stereocenters. The fourth-order valence-corrected chi connectivity index (χ4v) is 4.28. The van der Waals surface area contributed by atoms with E-state index in [1.807, 2.05) is 0 Å². The minimum atomic E-state index is -3.48. The molecule has 5 nitrogen and oxygen atoms in total. The molecule has 17 heavy (non-hydrogen) atoms. The van der Waals surface area contributed by atoms with Gasteiger partial charge < -0.3 is 10.8 Å². The first kappa shape index (κ1) is 14.8. The Morgan fingerprint density at radius 1 is 1.35 bits per heavy atom. The van der Waals surface area contributed by atoms with Crippen LogP contribution in [0.1, 0.15) is 32.1 Å². The fraction of sp³-hybridized carbons (Fsp3) is 0.900. The van der Waals surface area contributed by atoms with Crippen LogP contribution < -0.4 is 5.73 Å². The van der Waals surface area contributed by atoms with Gasteiger partial charge in [0.05, 0.1) is 11.6 Å². The van der Waals surface area contributed by atoms with Crippen LogP contribution in [-0.4, -0.2) is 47.8 Å². The van der Waals surface area contributed by atoms with Crippen molar-refractivity contribution in [2.24, 2.45) is 5.73 Å². The van der Waals surface area contributed by atoms with Gasteiger partial charge in [-0.3, -0.25) is 0 Å². The van der Waals surface area contributed by atoms with Gasteiger partial charge in [-0.15, -0.1) is 0 Å². The van der Waals surface area contributed by atoms with Crippen LogP contribution in [0.5, 0.6) is 0 Å². The first-order valence-corrected chi connectivity index (χ1v) is 7.88. The van der Waals surface area contributed by atoms with Crippen molar-refractivity contribution in [2.45, 2.75) is 38.1 Å². The topological polar surface area (TPSA) is 83.6 Å². The molecule has 1 fully saturated rings. The van der Waals surface area contributed by atoms with Crippen LogP contribution in [-0.2, 0) is 10.0 Å². The van der Waals surface area contributed by atoms with Crippen molar-refractivity contribution in [1.29, 1.82) is 0 Å². The highest BCUT2D eigenvalue weighted by molar-refractivity contribution is 7.92. The molecular formula is C10H20N2O3S2. The number of aliphatic hydroxyl groups is 1. The molecule has 0 unspecified atom stereocenters. The molecule has 0 spiro atoms. The molecule has 7 heteroatoms. The second-order valence-corrected chi connectivity index (χ2v) is 6.79. The van der Waals surface area contributed by atoms with E-state index in [0.29, 0.717) is 0 Å². The van der Waals surface area contributed by atoms with Crippen LogP contribution in [0.15, 0.2) is 0 Å². The van der Waals surface area contributed by atoms with Crippen LogP contribution in [0, 0.1) is 0 Å². The number of thiocarbonyl (C=S) groups is 1. The van der Waals surface area contributed by atoms with Crippen LogP contribution >= 0.6 is 12.2 Å². The summed E-state index contributed by atoms with van der Waals surface area (Å²) in [7, 11) is -3.48. The smallest absolute Gasteiger partial charge is 0.220 e. The van der Waals surface area contributed by atoms with Crippen LogP contribution in [0.4, 0.5) is 0 Å². The normalized spacial score (nSPS) is 18.5. The summed E-state index contributed by atoms with van der Waals surface area (Å²) in [6.07, 6.45) is 4.94. The van der Waals surface area contributed by atoms with Crippen molar-refractivity contribution in [2.75, 3.05) is 18.9 Å². The summed E-state index contributed by atoms with van der Waals surface area (Å²) in [5.41, 5.74) is 5.31. The van der Waals surface area contributed by atoms with Crippen LogP contribution in [0.2, 0.25) is 0 Å². The summed E-state index contributed by atoms with van der Waals surface area (Å²) < 4.78 is 25.5. The first-order chi connectivity index (χ1) is 7.97. The number of aliphatic hydroxyl groups excluding tert-OH is 1. The zero-order valence-electron chi connectivity index (χ0n) is 9.84. The second kappa shape index (κ2) is 6.63. The van der Waals surface area contributed by atoms with E-state index in [1.54, 1.807) is 0 Å². The molecule has 0 heterocycles. The van der Waals surface area contributed by atoms with Gasteiger partial charge >= 0.3 is 0 Å². The third kappa shape index (κ3) is 4.50. The molecule has 1 aliphatic carbocycles.